The van der Waals surface area contributed by atoms with Crippen molar-refractivity contribution in [2.75, 3.05) is 26.2 Å². The topological polar surface area (TPSA) is 84.9 Å². The first kappa shape index (κ1) is 20.2. The molecule has 4 rings (SSSR count). The molecule has 9 heteroatoms. The average Bonchev–Trinajstić information content (AvgIpc) is 3.19. The van der Waals surface area contributed by atoms with Gasteiger partial charge < -0.3 is 14.8 Å². The third-order valence-corrected chi connectivity index (χ3v) is 8.47. The highest BCUT2D eigenvalue weighted by Gasteiger charge is 2.34. The van der Waals surface area contributed by atoms with Crippen LogP contribution in [0.1, 0.15) is 17.7 Å². The van der Waals surface area contributed by atoms with E-state index < -0.39 is 10.0 Å². The second kappa shape index (κ2) is 8.33. The quantitative estimate of drug-likeness (QED) is 0.778. The first-order valence-corrected chi connectivity index (χ1v) is 11.9. The Kier molecular flexibility index (Phi) is 5.80. The van der Waals surface area contributed by atoms with Crippen LogP contribution in [0.5, 0.6) is 11.5 Å². The zero-order valence-corrected chi connectivity index (χ0v) is 17.8. The van der Waals surface area contributed by atoms with E-state index in [2.05, 4.69) is 5.32 Å². The van der Waals surface area contributed by atoms with Crippen molar-refractivity contribution in [1.82, 2.24) is 9.62 Å². The van der Waals surface area contributed by atoms with E-state index in [9.17, 15) is 13.2 Å². The number of carbonyl (C=O) groups excluding carboxylic acids is 1. The molecule has 2 aromatic rings. The van der Waals surface area contributed by atoms with Gasteiger partial charge in [-0.2, -0.15) is 4.31 Å². The fourth-order valence-electron chi connectivity index (χ4n) is 3.58. The van der Waals surface area contributed by atoms with Gasteiger partial charge in [-0.3, -0.25) is 4.79 Å². The largest absolute Gasteiger partial charge is 0.486 e. The molecule has 0 bridgehead atoms. The van der Waals surface area contributed by atoms with Crippen LogP contribution in [0, 0.1) is 12.8 Å². The van der Waals surface area contributed by atoms with Gasteiger partial charge in [-0.05, 0) is 44.0 Å². The predicted octanol–water partition coefficient (Wildman–Crippen LogP) is 2.41. The minimum absolute atomic E-state index is 0.144. The maximum Gasteiger partial charge on any atom is 0.252 e. The smallest absolute Gasteiger partial charge is 0.252 e. The normalized spacial score (nSPS) is 22.2. The van der Waals surface area contributed by atoms with Crippen LogP contribution in [-0.2, 0) is 14.8 Å². The van der Waals surface area contributed by atoms with Crippen molar-refractivity contribution >= 4 is 27.3 Å². The van der Waals surface area contributed by atoms with Crippen LogP contribution >= 0.6 is 11.3 Å². The molecule has 0 spiro atoms. The number of aryl methyl sites for hydroxylation is 1. The molecule has 1 amide bonds. The molecule has 2 aliphatic heterocycles. The van der Waals surface area contributed by atoms with Crippen LogP contribution in [0.2, 0.25) is 0 Å². The highest BCUT2D eigenvalue weighted by molar-refractivity contribution is 7.91. The average molecular weight is 437 g/mol. The summed E-state index contributed by atoms with van der Waals surface area (Å²) in [5.74, 6) is 0.859. The molecule has 1 saturated heterocycles. The van der Waals surface area contributed by atoms with E-state index in [0.717, 1.165) is 4.88 Å². The fourth-order valence-corrected chi connectivity index (χ4v) is 6.54. The van der Waals surface area contributed by atoms with E-state index in [-0.39, 0.29) is 24.5 Å². The Bertz CT molecular complexity index is 988. The van der Waals surface area contributed by atoms with Crippen LogP contribution in [0.25, 0.3) is 0 Å². The number of hydrogen-bond acceptors (Lipinski definition) is 6. The van der Waals surface area contributed by atoms with Gasteiger partial charge in [0, 0.05) is 18.0 Å². The minimum atomic E-state index is -3.55. The lowest BCUT2D eigenvalue weighted by Crippen LogP contribution is -2.48. The van der Waals surface area contributed by atoms with E-state index in [1.165, 1.54) is 15.6 Å². The summed E-state index contributed by atoms with van der Waals surface area (Å²) in [6.45, 7) is 3.21. The minimum Gasteiger partial charge on any atom is -0.486 e. The number of nitrogens with zero attached hydrogens (tertiary/aromatic N) is 1. The number of para-hydroxylation sites is 2. The molecule has 1 N–H and O–H groups in total. The third-order valence-electron chi connectivity index (χ3n) is 5.14. The predicted molar refractivity (Wildman–Crippen MR) is 110 cm³/mol. The van der Waals surface area contributed by atoms with Crippen molar-refractivity contribution in [3.8, 4) is 11.5 Å². The lowest BCUT2D eigenvalue weighted by Gasteiger charge is -2.31. The Morgan fingerprint density at radius 2 is 2.03 bits per heavy atom. The number of piperidine rings is 1. The van der Waals surface area contributed by atoms with E-state index in [1.54, 1.807) is 12.1 Å². The Labute approximate surface area is 174 Å². The number of fused-ring (bicyclic) bond motifs is 1. The summed E-state index contributed by atoms with van der Waals surface area (Å²) in [6.07, 6.45) is 1.07. The third kappa shape index (κ3) is 4.41. The zero-order chi connectivity index (χ0) is 20.4. The second-order valence-corrected chi connectivity index (χ2v) is 10.8. The fraction of sp³-hybridized carbons (Fsp3) is 0.450. The molecule has 1 aromatic heterocycles. The van der Waals surface area contributed by atoms with Gasteiger partial charge in [-0.25, -0.2) is 8.42 Å². The highest BCUT2D eigenvalue weighted by Crippen LogP contribution is 2.31. The molecule has 0 aliphatic carbocycles. The van der Waals surface area contributed by atoms with Gasteiger partial charge in [-0.1, -0.05) is 12.1 Å². The number of sulfonamides is 1. The van der Waals surface area contributed by atoms with Crippen molar-refractivity contribution in [2.24, 2.45) is 5.92 Å². The molecule has 156 valence electrons. The van der Waals surface area contributed by atoms with E-state index in [0.29, 0.717) is 48.2 Å². The van der Waals surface area contributed by atoms with Gasteiger partial charge in [0.2, 0.25) is 5.91 Å². The summed E-state index contributed by atoms with van der Waals surface area (Å²) in [7, 11) is -3.55. The molecule has 29 heavy (non-hydrogen) atoms. The van der Waals surface area contributed by atoms with Crippen molar-refractivity contribution in [1.29, 1.82) is 0 Å². The Balaban J connectivity index is 1.33. The summed E-state index contributed by atoms with van der Waals surface area (Å²) in [5.41, 5.74) is 0. The summed E-state index contributed by atoms with van der Waals surface area (Å²) in [4.78, 5) is 13.6. The van der Waals surface area contributed by atoms with Crippen LogP contribution < -0.4 is 14.8 Å². The molecule has 1 aromatic carbocycles. The SMILES string of the molecule is Cc1ccc(S(=O)(=O)N2CCCC(C(=O)NCC3COc4ccccc4O3)C2)s1. The van der Waals surface area contributed by atoms with E-state index >= 15 is 0 Å². The maximum atomic E-state index is 12.9. The Morgan fingerprint density at radius 3 is 2.79 bits per heavy atom. The molecule has 2 aliphatic rings. The number of carbonyl (C=O) groups is 1. The van der Waals surface area contributed by atoms with Gasteiger partial charge in [0.25, 0.3) is 10.0 Å². The molecule has 1 fully saturated rings. The van der Waals surface area contributed by atoms with E-state index in [4.69, 9.17) is 9.47 Å². The number of ether oxygens (including phenoxy) is 2. The molecule has 2 unspecified atom stereocenters. The summed E-state index contributed by atoms with van der Waals surface area (Å²) in [6, 6.07) is 10.9. The number of rotatable bonds is 5. The molecule has 0 radical (unpaired) electrons. The number of benzene rings is 1. The van der Waals surface area contributed by atoms with Crippen LogP contribution in [0.3, 0.4) is 0 Å². The molecule has 0 saturated carbocycles. The van der Waals surface area contributed by atoms with Crippen LogP contribution in [0.15, 0.2) is 40.6 Å². The number of amides is 1. The number of nitrogens with one attached hydrogen (secondary N) is 1. The lowest BCUT2D eigenvalue weighted by molar-refractivity contribution is -0.126. The first-order valence-electron chi connectivity index (χ1n) is 9.66. The summed E-state index contributed by atoms with van der Waals surface area (Å²) >= 11 is 1.26. The number of hydrogen-bond donors (Lipinski definition) is 1. The molecule has 7 nitrogen and oxygen atoms in total. The van der Waals surface area contributed by atoms with E-state index in [1.807, 2.05) is 31.2 Å². The van der Waals surface area contributed by atoms with Crippen LogP contribution in [-0.4, -0.2) is 51.0 Å². The molecular formula is C20H24N2O5S2. The standard InChI is InChI=1S/C20H24N2O5S2/c1-14-8-9-19(28-14)29(24,25)22-10-4-5-15(12-22)20(23)21-11-16-13-26-17-6-2-3-7-18(17)27-16/h2-3,6-9,15-16H,4-5,10-13H2,1H3,(H,21,23). The summed E-state index contributed by atoms with van der Waals surface area (Å²) in [5, 5.41) is 2.91. The van der Waals surface area contributed by atoms with Gasteiger partial charge >= 0.3 is 0 Å². The Hall–Kier alpha value is -2.10. The summed E-state index contributed by atoms with van der Waals surface area (Å²) < 4.78 is 39.0. The Morgan fingerprint density at radius 1 is 1.24 bits per heavy atom. The van der Waals surface area contributed by atoms with Gasteiger partial charge in [0.15, 0.2) is 11.5 Å². The van der Waals surface area contributed by atoms with Gasteiger partial charge in [0.1, 0.15) is 16.9 Å². The van der Waals surface area contributed by atoms with Gasteiger partial charge in [0.05, 0.1) is 12.5 Å². The van der Waals surface area contributed by atoms with Crippen molar-refractivity contribution in [3.63, 3.8) is 0 Å². The maximum absolute atomic E-state index is 12.9. The molecule has 2 atom stereocenters. The molecule has 3 heterocycles. The highest BCUT2D eigenvalue weighted by atomic mass is 32.2. The lowest BCUT2D eigenvalue weighted by atomic mass is 9.99. The monoisotopic (exact) mass is 436 g/mol. The number of thiophene rings is 1. The van der Waals surface area contributed by atoms with Crippen molar-refractivity contribution in [3.05, 3.63) is 41.3 Å². The zero-order valence-electron chi connectivity index (χ0n) is 16.2. The van der Waals surface area contributed by atoms with Gasteiger partial charge in [-0.15, -0.1) is 11.3 Å². The first-order chi connectivity index (χ1) is 13.9. The molecular weight excluding hydrogens is 412 g/mol. The van der Waals surface area contributed by atoms with Crippen molar-refractivity contribution < 1.29 is 22.7 Å². The van der Waals surface area contributed by atoms with Crippen LogP contribution in [0.4, 0.5) is 0 Å². The second-order valence-electron chi connectivity index (χ2n) is 7.31. The van der Waals surface area contributed by atoms with Crippen molar-refractivity contribution in [2.45, 2.75) is 30.1 Å².